The van der Waals surface area contributed by atoms with Gasteiger partial charge in [-0.1, -0.05) is 12.1 Å². The van der Waals surface area contributed by atoms with Gasteiger partial charge >= 0.3 is 5.69 Å². The maximum Gasteiger partial charge on any atom is 0.332 e. The van der Waals surface area contributed by atoms with Gasteiger partial charge in [-0.15, -0.1) is 0 Å². The number of amides is 1. The predicted octanol–water partition coefficient (Wildman–Crippen LogP) is 1.51. The Morgan fingerprint density at radius 2 is 1.88 bits per heavy atom. The first-order valence-corrected chi connectivity index (χ1v) is 14.3. The molecule has 2 aliphatic rings. The molecule has 218 valence electrons. The first-order valence-electron chi connectivity index (χ1n) is 14.3. The quantitative estimate of drug-likeness (QED) is 0.390. The lowest BCUT2D eigenvalue weighted by atomic mass is 9.77. The van der Waals surface area contributed by atoms with Gasteiger partial charge in [-0.2, -0.15) is 0 Å². The SMILES string of the molecule is CCn1c(CCC(=O)N2CCC3(CC2)C[C@H](n2cnc4c2c(=O)n(C)c(=O)n4C)[C@@](C)(O)CO3)nc2ccccc21. The molecule has 0 aliphatic carbocycles. The molecule has 6 rings (SSSR count). The van der Waals surface area contributed by atoms with E-state index in [1.165, 1.54) is 17.9 Å². The summed E-state index contributed by atoms with van der Waals surface area (Å²) in [4.78, 5) is 49.8. The molecule has 2 aliphatic heterocycles. The van der Waals surface area contributed by atoms with Crippen molar-refractivity contribution < 1.29 is 14.6 Å². The molecular weight excluding hydrogens is 526 g/mol. The second-order valence-electron chi connectivity index (χ2n) is 11.7. The summed E-state index contributed by atoms with van der Waals surface area (Å²) in [5, 5.41) is 11.4. The standard InChI is InChI=1S/C29H37N7O5/c1-5-35-20-9-7-6-8-19(20)31-22(35)10-11-23(37)34-14-12-29(13-15-34)16-21(28(2,40)17-41-29)36-18-30-25-24(36)26(38)33(4)27(39)32(25)3/h6-9,18,21,40H,5,10-17H2,1-4H3/t21-,28-/m0/s1. The van der Waals surface area contributed by atoms with Crippen LogP contribution in [0.3, 0.4) is 0 Å². The summed E-state index contributed by atoms with van der Waals surface area (Å²) in [5.74, 6) is 1.02. The van der Waals surface area contributed by atoms with Gasteiger partial charge in [0.25, 0.3) is 5.56 Å². The van der Waals surface area contributed by atoms with Gasteiger partial charge in [0.15, 0.2) is 11.2 Å². The van der Waals surface area contributed by atoms with Crippen molar-refractivity contribution in [3.05, 3.63) is 57.3 Å². The summed E-state index contributed by atoms with van der Waals surface area (Å²) in [6.45, 7) is 5.78. The van der Waals surface area contributed by atoms with Gasteiger partial charge in [-0.25, -0.2) is 14.8 Å². The zero-order chi connectivity index (χ0) is 29.1. The number of nitrogens with zero attached hydrogens (tertiary/aromatic N) is 7. The van der Waals surface area contributed by atoms with Crippen molar-refractivity contribution in [3.63, 3.8) is 0 Å². The maximum absolute atomic E-state index is 13.2. The molecule has 2 saturated heterocycles. The molecule has 0 radical (unpaired) electrons. The van der Waals surface area contributed by atoms with Crippen LogP contribution in [0.5, 0.6) is 0 Å². The lowest BCUT2D eigenvalue weighted by Crippen LogP contribution is -2.57. The number of aromatic nitrogens is 6. The number of aryl methyl sites for hydroxylation is 3. The second-order valence-corrected chi connectivity index (χ2v) is 11.7. The molecule has 2 fully saturated rings. The summed E-state index contributed by atoms with van der Waals surface area (Å²) < 4.78 is 12.6. The molecule has 12 heteroatoms. The fourth-order valence-electron chi connectivity index (χ4n) is 6.58. The highest BCUT2D eigenvalue weighted by Crippen LogP contribution is 2.44. The molecule has 1 spiro atoms. The summed E-state index contributed by atoms with van der Waals surface area (Å²) >= 11 is 0. The van der Waals surface area contributed by atoms with Gasteiger partial charge < -0.3 is 23.9 Å². The predicted molar refractivity (Wildman–Crippen MR) is 153 cm³/mol. The van der Waals surface area contributed by atoms with Crippen LogP contribution in [0.15, 0.2) is 40.2 Å². The Kier molecular flexibility index (Phi) is 6.65. The van der Waals surface area contributed by atoms with E-state index in [2.05, 4.69) is 22.5 Å². The van der Waals surface area contributed by atoms with Crippen molar-refractivity contribution in [3.8, 4) is 0 Å². The minimum absolute atomic E-state index is 0.0879. The molecule has 0 unspecified atom stereocenters. The van der Waals surface area contributed by atoms with Crippen LogP contribution in [0.25, 0.3) is 22.2 Å². The van der Waals surface area contributed by atoms with Crippen molar-refractivity contribution in [2.75, 3.05) is 19.7 Å². The third-order valence-electron chi connectivity index (χ3n) is 9.10. The maximum atomic E-state index is 13.2. The molecule has 5 heterocycles. The number of hydrogen-bond acceptors (Lipinski definition) is 7. The van der Waals surface area contributed by atoms with Gasteiger partial charge in [-0.05, 0) is 38.8 Å². The van der Waals surface area contributed by atoms with E-state index >= 15 is 0 Å². The van der Waals surface area contributed by atoms with E-state index < -0.39 is 28.5 Å². The van der Waals surface area contributed by atoms with Crippen LogP contribution in [-0.4, -0.2) is 75.0 Å². The average Bonchev–Trinajstić information content (AvgIpc) is 3.57. The Morgan fingerprint density at radius 3 is 2.61 bits per heavy atom. The van der Waals surface area contributed by atoms with Crippen LogP contribution in [0.2, 0.25) is 0 Å². The minimum atomic E-state index is -1.25. The molecule has 0 saturated carbocycles. The van der Waals surface area contributed by atoms with Crippen molar-refractivity contribution in [2.45, 2.75) is 69.7 Å². The number of rotatable bonds is 5. The smallest absolute Gasteiger partial charge is 0.332 e. The number of likely N-dealkylation sites (tertiary alicyclic amines) is 1. The Morgan fingerprint density at radius 1 is 1.15 bits per heavy atom. The lowest BCUT2D eigenvalue weighted by molar-refractivity contribution is -0.201. The number of carbonyl (C=O) groups excluding carboxylic acids is 1. The fourth-order valence-corrected chi connectivity index (χ4v) is 6.58. The highest BCUT2D eigenvalue weighted by Gasteiger charge is 2.50. The summed E-state index contributed by atoms with van der Waals surface area (Å²) in [6, 6.07) is 7.54. The number of fused-ring (bicyclic) bond motifs is 2. The third-order valence-corrected chi connectivity index (χ3v) is 9.10. The monoisotopic (exact) mass is 563 g/mol. The first kappa shape index (κ1) is 27.4. The van der Waals surface area contributed by atoms with E-state index in [0.29, 0.717) is 45.2 Å². The number of carbonyl (C=O) groups is 1. The average molecular weight is 564 g/mol. The van der Waals surface area contributed by atoms with Crippen molar-refractivity contribution >= 4 is 28.1 Å². The zero-order valence-electron chi connectivity index (χ0n) is 24.0. The molecule has 4 aromatic rings. The van der Waals surface area contributed by atoms with Gasteiger partial charge in [0, 0.05) is 53.0 Å². The Balaban J connectivity index is 1.17. The largest absolute Gasteiger partial charge is 0.386 e. The number of piperidine rings is 1. The van der Waals surface area contributed by atoms with Crippen LogP contribution in [0, 0.1) is 0 Å². The molecule has 1 amide bonds. The molecule has 41 heavy (non-hydrogen) atoms. The van der Waals surface area contributed by atoms with Crippen LogP contribution in [0.4, 0.5) is 0 Å². The molecule has 3 aromatic heterocycles. The van der Waals surface area contributed by atoms with Crippen LogP contribution < -0.4 is 11.2 Å². The van der Waals surface area contributed by atoms with Gasteiger partial charge in [0.1, 0.15) is 11.4 Å². The number of para-hydroxylation sites is 2. The van der Waals surface area contributed by atoms with Crippen molar-refractivity contribution in [1.82, 2.24) is 33.1 Å². The number of ether oxygens (including phenoxy) is 1. The normalized spacial score (nSPS) is 22.7. The topological polar surface area (TPSA) is 129 Å². The molecule has 0 bridgehead atoms. The van der Waals surface area contributed by atoms with Gasteiger partial charge in [0.2, 0.25) is 5.91 Å². The summed E-state index contributed by atoms with van der Waals surface area (Å²) in [6.07, 6.45) is 4.21. The molecular formula is C29H37N7O5. The number of imidazole rings is 2. The van der Waals surface area contributed by atoms with E-state index in [4.69, 9.17) is 9.72 Å². The lowest BCUT2D eigenvalue weighted by Gasteiger charge is -2.51. The summed E-state index contributed by atoms with van der Waals surface area (Å²) in [5.41, 5.74) is -0.0982. The van der Waals surface area contributed by atoms with Crippen LogP contribution in [0.1, 0.15) is 51.4 Å². The highest BCUT2D eigenvalue weighted by molar-refractivity contribution is 5.78. The Labute approximate surface area is 236 Å². The zero-order valence-corrected chi connectivity index (χ0v) is 24.0. The molecule has 12 nitrogen and oxygen atoms in total. The van der Waals surface area contributed by atoms with E-state index in [0.717, 1.165) is 28.0 Å². The van der Waals surface area contributed by atoms with Crippen molar-refractivity contribution in [2.24, 2.45) is 14.1 Å². The van der Waals surface area contributed by atoms with Crippen molar-refractivity contribution in [1.29, 1.82) is 0 Å². The third kappa shape index (κ3) is 4.49. The van der Waals surface area contributed by atoms with Crippen LogP contribution in [-0.2, 0) is 36.6 Å². The Bertz CT molecular complexity index is 1750. The number of aliphatic hydroxyl groups is 1. The van der Waals surface area contributed by atoms with E-state index in [9.17, 15) is 19.5 Å². The molecule has 1 N–H and O–H groups in total. The van der Waals surface area contributed by atoms with E-state index in [-0.39, 0.29) is 23.7 Å². The highest BCUT2D eigenvalue weighted by atomic mass is 16.5. The first-order chi connectivity index (χ1) is 19.5. The molecule has 2 atom stereocenters. The summed E-state index contributed by atoms with van der Waals surface area (Å²) in [7, 11) is 3.02. The number of hydrogen-bond donors (Lipinski definition) is 1. The second kappa shape index (κ2) is 9.95. The van der Waals surface area contributed by atoms with Crippen LogP contribution >= 0.6 is 0 Å². The van der Waals surface area contributed by atoms with Gasteiger partial charge in [0.05, 0.1) is 35.6 Å². The number of benzene rings is 1. The Hall–Kier alpha value is -3.77. The molecule has 1 aromatic carbocycles. The fraction of sp³-hybridized carbons (Fsp3) is 0.552. The van der Waals surface area contributed by atoms with Gasteiger partial charge in [-0.3, -0.25) is 18.7 Å². The van der Waals surface area contributed by atoms with E-state index in [1.807, 2.05) is 23.1 Å². The van der Waals surface area contributed by atoms with E-state index in [1.54, 1.807) is 18.5 Å². The minimum Gasteiger partial charge on any atom is -0.386 e.